The van der Waals surface area contributed by atoms with Crippen LogP contribution in [0.4, 0.5) is 0 Å². The third-order valence-corrected chi connectivity index (χ3v) is 2.18. The quantitative estimate of drug-likeness (QED) is 0.470. The smallest absolute Gasteiger partial charge is 0.308 e. The molecule has 74 valence electrons. The highest BCUT2D eigenvalue weighted by Gasteiger charge is 2.30. The van der Waals surface area contributed by atoms with E-state index in [4.69, 9.17) is 5.11 Å². The Morgan fingerprint density at radius 1 is 1.77 bits per heavy atom. The first kappa shape index (κ1) is 10.2. The van der Waals surface area contributed by atoms with Gasteiger partial charge in [-0.25, -0.2) is 0 Å². The minimum absolute atomic E-state index is 0.0489. The van der Waals surface area contributed by atoms with E-state index < -0.39 is 17.7 Å². The van der Waals surface area contributed by atoms with Gasteiger partial charge in [0.05, 0.1) is 25.2 Å². The van der Waals surface area contributed by atoms with E-state index in [9.17, 15) is 9.90 Å². The van der Waals surface area contributed by atoms with Crippen molar-refractivity contribution in [3.63, 3.8) is 0 Å². The molecule has 0 aromatic rings. The Hall–Kier alpha value is -0.870. The molecule has 2 N–H and O–H groups in total. The summed E-state index contributed by atoms with van der Waals surface area (Å²) in [5.74, 6) is -0.441. The van der Waals surface area contributed by atoms with Gasteiger partial charge in [-0.1, -0.05) is 12.2 Å². The van der Waals surface area contributed by atoms with E-state index in [2.05, 4.69) is 4.74 Å². The number of methoxy groups -OCH3 is 1. The van der Waals surface area contributed by atoms with Gasteiger partial charge in [0.1, 0.15) is 0 Å². The molecule has 0 fully saturated rings. The predicted molar refractivity (Wildman–Crippen MR) is 46.0 cm³/mol. The Balaban J connectivity index is 2.57. The monoisotopic (exact) mass is 186 g/mol. The van der Waals surface area contributed by atoms with Crippen LogP contribution >= 0.6 is 0 Å². The van der Waals surface area contributed by atoms with E-state index in [1.807, 2.05) is 0 Å². The highest BCUT2D eigenvalue weighted by atomic mass is 16.5. The zero-order valence-corrected chi connectivity index (χ0v) is 7.56. The van der Waals surface area contributed by atoms with Crippen LogP contribution in [0.25, 0.3) is 0 Å². The highest BCUT2D eigenvalue weighted by molar-refractivity contribution is 5.71. The molecule has 0 aromatic heterocycles. The fraction of sp³-hybridized carbons (Fsp3) is 0.667. The molecule has 0 bridgehead atoms. The maximum atomic E-state index is 10.9. The summed E-state index contributed by atoms with van der Waals surface area (Å²) in [4.78, 5) is 10.9. The van der Waals surface area contributed by atoms with Gasteiger partial charge in [0, 0.05) is 0 Å². The summed E-state index contributed by atoms with van der Waals surface area (Å²) in [7, 11) is 1.28. The Kier molecular flexibility index (Phi) is 3.06. The largest absolute Gasteiger partial charge is 0.469 e. The Labute approximate surface area is 76.8 Å². The maximum Gasteiger partial charge on any atom is 0.308 e. The van der Waals surface area contributed by atoms with Gasteiger partial charge in [0.25, 0.3) is 0 Å². The molecule has 0 aliphatic heterocycles. The lowest BCUT2D eigenvalue weighted by molar-refractivity contribution is -0.145. The van der Waals surface area contributed by atoms with Crippen molar-refractivity contribution in [1.29, 1.82) is 0 Å². The SMILES string of the molecule is COC(=O)CC1(O)C=CC(O)CC1. The molecule has 0 spiro atoms. The summed E-state index contributed by atoms with van der Waals surface area (Å²) in [6.07, 6.45) is 3.29. The Bertz CT molecular complexity index is 224. The molecule has 1 rings (SSSR count). The minimum Gasteiger partial charge on any atom is -0.469 e. The van der Waals surface area contributed by atoms with Crippen LogP contribution in [0.5, 0.6) is 0 Å². The molecule has 0 amide bonds. The first-order valence-corrected chi connectivity index (χ1v) is 4.22. The number of aliphatic hydroxyl groups is 2. The topological polar surface area (TPSA) is 66.8 Å². The van der Waals surface area contributed by atoms with Crippen LogP contribution in [0.15, 0.2) is 12.2 Å². The van der Waals surface area contributed by atoms with Gasteiger partial charge in [-0.2, -0.15) is 0 Å². The fourth-order valence-electron chi connectivity index (χ4n) is 1.34. The molecule has 2 unspecified atom stereocenters. The standard InChI is InChI=1S/C9H14O4/c1-13-8(11)6-9(12)4-2-7(10)3-5-9/h2,4,7,10,12H,3,5-6H2,1H3. The number of hydrogen-bond donors (Lipinski definition) is 2. The molecule has 1 aliphatic carbocycles. The maximum absolute atomic E-state index is 10.9. The van der Waals surface area contributed by atoms with Crippen LogP contribution in [0.2, 0.25) is 0 Å². The van der Waals surface area contributed by atoms with E-state index in [0.717, 1.165) is 0 Å². The Morgan fingerprint density at radius 2 is 2.46 bits per heavy atom. The van der Waals surface area contributed by atoms with E-state index in [0.29, 0.717) is 12.8 Å². The van der Waals surface area contributed by atoms with Crippen molar-refractivity contribution in [2.75, 3.05) is 7.11 Å². The molecule has 1 aliphatic rings. The van der Waals surface area contributed by atoms with Gasteiger partial charge in [-0.05, 0) is 12.8 Å². The summed E-state index contributed by atoms with van der Waals surface area (Å²) in [5.41, 5.74) is -1.13. The van der Waals surface area contributed by atoms with E-state index in [1.54, 1.807) is 0 Å². The summed E-state index contributed by atoms with van der Waals surface area (Å²) >= 11 is 0. The van der Waals surface area contributed by atoms with Gasteiger partial charge < -0.3 is 14.9 Å². The van der Waals surface area contributed by atoms with Crippen LogP contribution in [0.3, 0.4) is 0 Å². The van der Waals surface area contributed by atoms with E-state index in [-0.39, 0.29) is 6.42 Å². The van der Waals surface area contributed by atoms with Crippen molar-refractivity contribution < 1.29 is 19.7 Å². The molecular weight excluding hydrogens is 172 g/mol. The third kappa shape index (κ3) is 2.82. The molecule has 0 radical (unpaired) electrons. The van der Waals surface area contributed by atoms with E-state index in [1.165, 1.54) is 19.3 Å². The second-order valence-corrected chi connectivity index (χ2v) is 3.32. The summed E-state index contributed by atoms with van der Waals surface area (Å²) < 4.78 is 4.45. The second-order valence-electron chi connectivity index (χ2n) is 3.32. The molecular formula is C9H14O4. The summed E-state index contributed by atoms with van der Waals surface area (Å²) in [5, 5.41) is 18.9. The molecule has 13 heavy (non-hydrogen) atoms. The summed E-state index contributed by atoms with van der Waals surface area (Å²) in [6, 6.07) is 0. The van der Waals surface area contributed by atoms with Crippen LogP contribution in [0.1, 0.15) is 19.3 Å². The van der Waals surface area contributed by atoms with Gasteiger partial charge in [-0.3, -0.25) is 4.79 Å². The van der Waals surface area contributed by atoms with Crippen molar-refractivity contribution in [1.82, 2.24) is 0 Å². The van der Waals surface area contributed by atoms with Crippen molar-refractivity contribution >= 4 is 5.97 Å². The number of rotatable bonds is 2. The zero-order chi connectivity index (χ0) is 9.90. The first-order chi connectivity index (χ1) is 6.06. The van der Waals surface area contributed by atoms with Gasteiger partial charge >= 0.3 is 5.97 Å². The zero-order valence-electron chi connectivity index (χ0n) is 7.56. The first-order valence-electron chi connectivity index (χ1n) is 4.22. The molecule has 0 heterocycles. The normalized spacial score (nSPS) is 33.0. The van der Waals surface area contributed by atoms with Crippen molar-refractivity contribution in [3.05, 3.63) is 12.2 Å². The lowest BCUT2D eigenvalue weighted by atomic mass is 9.87. The predicted octanol–water partition coefficient (Wildman–Crippen LogP) is -0.00850. The molecule has 2 atom stereocenters. The molecule has 4 heteroatoms. The number of esters is 1. The van der Waals surface area contributed by atoms with Crippen molar-refractivity contribution in [3.8, 4) is 0 Å². The molecule has 0 saturated heterocycles. The highest BCUT2D eigenvalue weighted by Crippen LogP contribution is 2.25. The molecule has 0 saturated carbocycles. The number of carbonyl (C=O) groups is 1. The van der Waals surface area contributed by atoms with Crippen LogP contribution < -0.4 is 0 Å². The number of aliphatic hydroxyl groups excluding tert-OH is 1. The molecule has 4 nitrogen and oxygen atoms in total. The van der Waals surface area contributed by atoms with Crippen LogP contribution in [0, 0.1) is 0 Å². The third-order valence-electron chi connectivity index (χ3n) is 2.18. The number of ether oxygens (including phenoxy) is 1. The number of hydrogen-bond acceptors (Lipinski definition) is 4. The second kappa shape index (κ2) is 3.89. The average molecular weight is 186 g/mol. The lowest BCUT2D eigenvalue weighted by Crippen LogP contribution is -2.34. The average Bonchev–Trinajstić information content (AvgIpc) is 2.10. The van der Waals surface area contributed by atoms with Gasteiger partial charge in [0.2, 0.25) is 0 Å². The molecule has 0 aromatic carbocycles. The summed E-state index contributed by atoms with van der Waals surface area (Å²) in [6.45, 7) is 0. The van der Waals surface area contributed by atoms with Crippen molar-refractivity contribution in [2.24, 2.45) is 0 Å². The van der Waals surface area contributed by atoms with Crippen molar-refractivity contribution in [2.45, 2.75) is 31.0 Å². The van der Waals surface area contributed by atoms with Crippen LogP contribution in [-0.4, -0.2) is 35.0 Å². The Morgan fingerprint density at radius 3 is 2.92 bits per heavy atom. The number of carbonyl (C=O) groups excluding carboxylic acids is 1. The fourth-order valence-corrected chi connectivity index (χ4v) is 1.34. The van der Waals surface area contributed by atoms with Crippen LogP contribution in [-0.2, 0) is 9.53 Å². The van der Waals surface area contributed by atoms with Gasteiger partial charge in [-0.15, -0.1) is 0 Å². The minimum atomic E-state index is -1.13. The van der Waals surface area contributed by atoms with Gasteiger partial charge in [0.15, 0.2) is 0 Å². The van der Waals surface area contributed by atoms with E-state index >= 15 is 0 Å². The lowest BCUT2D eigenvalue weighted by Gasteiger charge is -2.27.